The predicted octanol–water partition coefficient (Wildman–Crippen LogP) is 2.27. The van der Waals surface area contributed by atoms with E-state index >= 15 is 0 Å². The highest BCUT2D eigenvalue weighted by Crippen LogP contribution is 2.31. The van der Waals surface area contributed by atoms with Crippen LogP contribution in [0.2, 0.25) is 0 Å². The number of rotatable bonds is 5. The van der Waals surface area contributed by atoms with E-state index in [-0.39, 0.29) is 30.7 Å². The number of H-pyrrole nitrogens is 1. The molecular formula is C23H23N3O5. The Bertz CT molecular complexity index is 1160. The van der Waals surface area contributed by atoms with Gasteiger partial charge in [0, 0.05) is 13.2 Å². The number of benzene rings is 2. The fourth-order valence-electron chi connectivity index (χ4n) is 4.00. The first kappa shape index (κ1) is 19.6. The second kappa shape index (κ2) is 8.39. The van der Waals surface area contributed by atoms with E-state index < -0.39 is 6.10 Å². The lowest BCUT2D eigenvalue weighted by atomic mass is 10.2. The molecule has 0 saturated carbocycles. The van der Waals surface area contributed by atoms with E-state index in [0.717, 1.165) is 12.8 Å². The van der Waals surface area contributed by atoms with Gasteiger partial charge < -0.3 is 24.1 Å². The summed E-state index contributed by atoms with van der Waals surface area (Å²) in [4.78, 5) is 34.9. The van der Waals surface area contributed by atoms with Crippen LogP contribution in [0.25, 0.3) is 10.9 Å². The first-order chi connectivity index (χ1) is 15.2. The summed E-state index contributed by atoms with van der Waals surface area (Å²) in [7, 11) is 0. The van der Waals surface area contributed by atoms with Gasteiger partial charge in [0.05, 0.1) is 23.6 Å². The van der Waals surface area contributed by atoms with Crippen molar-refractivity contribution in [3.8, 4) is 11.5 Å². The molecule has 0 unspecified atom stereocenters. The molecule has 0 radical (unpaired) electrons. The Morgan fingerprint density at radius 3 is 2.77 bits per heavy atom. The number of fused-ring (bicyclic) bond motifs is 2. The molecule has 0 aliphatic carbocycles. The summed E-state index contributed by atoms with van der Waals surface area (Å²) in [6, 6.07) is 14.4. The standard InChI is InChI=1S/C23H23N3O5/c27-22-16-7-1-2-8-17(16)24-21(25-22)13-26(12-15-6-5-11-29-15)23(28)20-14-30-18-9-3-4-10-19(18)31-20/h1-4,7-10,15,20H,5-6,11-14H2,(H,24,25,27)/t15-,20+/m0/s1. The molecule has 1 amide bonds. The van der Waals surface area contributed by atoms with E-state index in [4.69, 9.17) is 14.2 Å². The van der Waals surface area contributed by atoms with E-state index in [1.165, 1.54) is 0 Å². The maximum atomic E-state index is 13.4. The molecule has 5 rings (SSSR count). The first-order valence-electron chi connectivity index (χ1n) is 10.4. The van der Waals surface area contributed by atoms with Gasteiger partial charge in [0.15, 0.2) is 11.5 Å². The molecule has 0 bridgehead atoms. The van der Waals surface area contributed by atoms with E-state index in [9.17, 15) is 9.59 Å². The van der Waals surface area contributed by atoms with Crippen molar-refractivity contribution in [1.82, 2.24) is 14.9 Å². The summed E-state index contributed by atoms with van der Waals surface area (Å²) in [6.07, 6.45) is 1.03. The lowest BCUT2D eigenvalue weighted by Crippen LogP contribution is -2.48. The van der Waals surface area contributed by atoms with Crippen LogP contribution >= 0.6 is 0 Å². The van der Waals surface area contributed by atoms with Gasteiger partial charge in [-0.05, 0) is 37.1 Å². The lowest BCUT2D eigenvalue weighted by Gasteiger charge is -2.31. The van der Waals surface area contributed by atoms with Crippen molar-refractivity contribution in [2.75, 3.05) is 19.8 Å². The molecule has 0 spiro atoms. The summed E-state index contributed by atoms with van der Waals surface area (Å²) in [5, 5.41) is 0.517. The van der Waals surface area contributed by atoms with Gasteiger partial charge in [0.2, 0.25) is 6.10 Å². The number of nitrogens with one attached hydrogen (secondary N) is 1. The Labute approximate surface area is 178 Å². The zero-order chi connectivity index (χ0) is 21.2. The van der Waals surface area contributed by atoms with Gasteiger partial charge >= 0.3 is 0 Å². The number of amides is 1. The third-order valence-electron chi connectivity index (χ3n) is 5.55. The number of carbonyl (C=O) groups is 1. The van der Waals surface area contributed by atoms with Gasteiger partial charge in [-0.1, -0.05) is 24.3 Å². The van der Waals surface area contributed by atoms with Crippen LogP contribution in [0.5, 0.6) is 11.5 Å². The van der Waals surface area contributed by atoms with Crippen molar-refractivity contribution < 1.29 is 19.0 Å². The molecule has 3 aromatic rings. The Morgan fingerprint density at radius 1 is 1.13 bits per heavy atom. The van der Waals surface area contributed by atoms with Crippen LogP contribution in [0, 0.1) is 0 Å². The van der Waals surface area contributed by atoms with E-state index in [0.29, 0.717) is 41.4 Å². The molecule has 1 N–H and O–H groups in total. The molecule has 2 aliphatic heterocycles. The minimum Gasteiger partial charge on any atom is -0.485 e. The molecule has 1 fully saturated rings. The van der Waals surface area contributed by atoms with Gasteiger partial charge in [0.25, 0.3) is 11.5 Å². The molecule has 1 saturated heterocycles. The van der Waals surface area contributed by atoms with Gasteiger partial charge in [-0.3, -0.25) is 9.59 Å². The largest absolute Gasteiger partial charge is 0.485 e. The van der Waals surface area contributed by atoms with Crippen LogP contribution in [0.4, 0.5) is 0 Å². The third-order valence-corrected chi connectivity index (χ3v) is 5.55. The fraction of sp³-hybridized carbons (Fsp3) is 0.348. The molecule has 2 atom stereocenters. The summed E-state index contributed by atoms with van der Waals surface area (Å²) < 4.78 is 17.4. The number of aromatic amines is 1. The SMILES string of the molecule is O=C([C@H]1COc2ccccc2O1)N(Cc1nc2ccccc2c(=O)[nH]1)C[C@@H]1CCCO1. The Morgan fingerprint density at radius 2 is 1.94 bits per heavy atom. The monoisotopic (exact) mass is 421 g/mol. The summed E-state index contributed by atoms with van der Waals surface area (Å²) in [5.41, 5.74) is 0.369. The van der Waals surface area contributed by atoms with Crippen LogP contribution in [0.3, 0.4) is 0 Å². The van der Waals surface area contributed by atoms with E-state index in [2.05, 4.69) is 9.97 Å². The van der Waals surface area contributed by atoms with Crippen molar-refractivity contribution in [3.63, 3.8) is 0 Å². The quantitative estimate of drug-likeness (QED) is 0.679. The number of nitrogens with zero attached hydrogens (tertiary/aromatic N) is 2. The lowest BCUT2D eigenvalue weighted by molar-refractivity contribution is -0.143. The van der Waals surface area contributed by atoms with Gasteiger partial charge in [-0.15, -0.1) is 0 Å². The smallest absolute Gasteiger partial charge is 0.267 e. The first-order valence-corrected chi connectivity index (χ1v) is 10.4. The molecule has 2 aromatic carbocycles. The zero-order valence-electron chi connectivity index (χ0n) is 17.0. The molecule has 31 heavy (non-hydrogen) atoms. The molecule has 160 valence electrons. The second-order valence-electron chi connectivity index (χ2n) is 7.75. The van der Waals surface area contributed by atoms with Gasteiger partial charge in [-0.2, -0.15) is 0 Å². The zero-order valence-corrected chi connectivity index (χ0v) is 17.0. The van der Waals surface area contributed by atoms with Crippen molar-refractivity contribution in [1.29, 1.82) is 0 Å². The van der Waals surface area contributed by atoms with E-state index in [1.807, 2.05) is 24.3 Å². The van der Waals surface area contributed by atoms with Crippen molar-refractivity contribution >= 4 is 16.8 Å². The van der Waals surface area contributed by atoms with Crippen molar-refractivity contribution in [2.45, 2.75) is 31.6 Å². The van der Waals surface area contributed by atoms with Crippen LogP contribution in [0.15, 0.2) is 53.3 Å². The Balaban J connectivity index is 1.40. The second-order valence-corrected chi connectivity index (χ2v) is 7.75. The molecule has 8 heteroatoms. The van der Waals surface area contributed by atoms with Crippen molar-refractivity contribution in [3.05, 3.63) is 64.7 Å². The Hall–Kier alpha value is -3.39. The van der Waals surface area contributed by atoms with Gasteiger partial charge in [0.1, 0.15) is 12.4 Å². The number of para-hydroxylation sites is 3. The summed E-state index contributed by atoms with van der Waals surface area (Å²) >= 11 is 0. The highest BCUT2D eigenvalue weighted by atomic mass is 16.6. The van der Waals surface area contributed by atoms with Crippen molar-refractivity contribution in [2.24, 2.45) is 0 Å². The van der Waals surface area contributed by atoms with Crippen LogP contribution in [-0.4, -0.2) is 52.7 Å². The van der Waals surface area contributed by atoms with Gasteiger partial charge in [-0.25, -0.2) is 4.98 Å². The number of carbonyl (C=O) groups excluding carboxylic acids is 1. The fourth-order valence-corrected chi connectivity index (χ4v) is 4.00. The number of aromatic nitrogens is 2. The predicted molar refractivity (Wildman–Crippen MR) is 113 cm³/mol. The summed E-state index contributed by atoms with van der Waals surface area (Å²) in [6.45, 7) is 1.37. The highest BCUT2D eigenvalue weighted by molar-refractivity contribution is 5.82. The molecule has 3 heterocycles. The average Bonchev–Trinajstić information content (AvgIpc) is 3.31. The highest BCUT2D eigenvalue weighted by Gasteiger charge is 2.33. The summed E-state index contributed by atoms with van der Waals surface area (Å²) in [5.74, 6) is 1.37. The maximum Gasteiger partial charge on any atom is 0.267 e. The maximum absolute atomic E-state index is 13.4. The number of ether oxygens (including phenoxy) is 3. The topological polar surface area (TPSA) is 93.8 Å². The average molecular weight is 421 g/mol. The Kier molecular flexibility index (Phi) is 5.30. The normalized spacial score (nSPS) is 20.0. The van der Waals surface area contributed by atoms with Crippen LogP contribution in [0.1, 0.15) is 18.7 Å². The number of hydrogen-bond donors (Lipinski definition) is 1. The number of hydrogen-bond acceptors (Lipinski definition) is 6. The minimum atomic E-state index is -0.775. The molecule has 2 aliphatic rings. The molecule has 8 nitrogen and oxygen atoms in total. The third kappa shape index (κ3) is 4.11. The van der Waals surface area contributed by atoms with Crippen LogP contribution < -0.4 is 15.0 Å². The minimum absolute atomic E-state index is 0.0482. The molecule has 1 aromatic heterocycles. The van der Waals surface area contributed by atoms with Crippen LogP contribution in [-0.2, 0) is 16.1 Å². The molecular weight excluding hydrogens is 398 g/mol. The van der Waals surface area contributed by atoms with E-state index in [1.54, 1.807) is 29.2 Å².